The van der Waals surface area contributed by atoms with E-state index in [1.54, 1.807) is 49.6 Å². The van der Waals surface area contributed by atoms with Crippen LogP contribution in [0.25, 0.3) is 6.08 Å². The molecule has 0 heterocycles. The summed E-state index contributed by atoms with van der Waals surface area (Å²) in [6.45, 7) is 4.12. The summed E-state index contributed by atoms with van der Waals surface area (Å²) in [6.07, 6.45) is 3.57. The first-order valence-electron chi connectivity index (χ1n) is 10.2. The lowest BCUT2D eigenvalue weighted by atomic mass is 10.1. The summed E-state index contributed by atoms with van der Waals surface area (Å²) < 4.78 is 21.4. The Labute approximate surface area is 193 Å². The Morgan fingerprint density at radius 2 is 1.79 bits per heavy atom. The van der Waals surface area contributed by atoms with Crippen molar-refractivity contribution in [1.82, 2.24) is 5.32 Å². The summed E-state index contributed by atoms with van der Waals surface area (Å²) in [4.78, 5) is 24.2. The molecule has 172 valence electrons. The second-order valence-electron chi connectivity index (χ2n) is 6.68. The Kier molecular flexibility index (Phi) is 10.0. The molecular formula is C25H26N2O6. The minimum Gasteiger partial charge on any atom is -0.497 e. The summed E-state index contributed by atoms with van der Waals surface area (Å²) in [6, 6.07) is 13.8. The molecule has 0 aliphatic heterocycles. The number of esters is 1. The molecule has 8 nitrogen and oxygen atoms in total. The fourth-order valence-electron chi connectivity index (χ4n) is 2.69. The van der Waals surface area contributed by atoms with Crippen LogP contribution in [0.15, 0.2) is 60.7 Å². The molecule has 8 heteroatoms. The summed E-state index contributed by atoms with van der Waals surface area (Å²) >= 11 is 0. The summed E-state index contributed by atoms with van der Waals surface area (Å²) in [5.74, 6) is 1.02. The molecule has 0 unspecified atom stereocenters. The van der Waals surface area contributed by atoms with Crippen LogP contribution in [0, 0.1) is 11.3 Å². The minimum atomic E-state index is -0.510. The third-order valence-corrected chi connectivity index (χ3v) is 4.35. The van der Waals surface area contributed by atoms with Crippen LogP contribution in [0.3, 0.4) is 0 Å². The van der Waals surface area contributed by atoms with E-state index in [-0.39, 0.29) is 24.3 Å². The van der Waals surface area contributed by atoms with Gasteiger partial charge in [0.05, 0.1) is 20.8 Å². The van der Waals surface area contributed by atoms with Crippen LogP contribution in [0.1, 0.15) is 18.4 Å². The highest BCUT2D eigenvalue weighted by atomic mass is 16.6. The van der Waals surface area contributed by atoms with E-state index in [9.17, 15) is 14.9 Å². The van der Waals surface area contributed by atoms with Gasteiger partial charge in [-0.25, -0.2) is 0 Å². The van der Waals surface area contributed by atoms with Crippen molar-refractivity contribution < 1.29 is 28.5 Å². The van der Waals surface area contributed by atoms with Crippen molar-refractivity contribution in [3.63, 3.8) is 0 Å². The van der Waals surface area contributed by atoms with Gasteiger partial charge in [-0.05, 0) is 54.5 Å². The van der Waals surface area contributed by atoms with E-state index in [1.807, 2.05) is 6.07 Å². The molecule has 0 bridgehead atoms. The van der Waals surface area contributed by atoms with Crippen molar-refractivity contribution in [3.05, 3.63) is 66.3 Å². The van der Waals surface area contributed by atoms with Crippen molar-refractivity contribution in [2.24, 2.45) is 0 Å². The first-order chi connectivity index (χ1) is 16.0. The van der Waals surface area contributed by atoms with E-state index >= 15 is 0 Å². The highest BCUT2D eigenvalue weighted by molar-refractivity contribution is 6.01. The third kappa shape index (κ3) is 8.07. The monoisotopic (exact) mass is 450 g/mol. The number of nitriles is 1. The molecule has 0 fully saturated rings. The molecule has 0 radical (unpaired) electrons. The Bertz CT molecular complexity index is 1040. The molecule has 0 aliphatic rings. The molecule has 0 atom stereocenters. The van der Waals surface area contributed by atoms with E-state index < -0.39 is 11.9 Å². The standard InChI is InChI=1S/C25H26N2O6/c1-4-13-27-25(29)19(17-26)15-18-7-12-22(23(16-18)31-3)33-24(28)6-5-14-32-21-10-8-20(30-2)9-11-21/h4,7-12,15-16H,1,5-6,13-14H2,2-3H3,(H,27,29). The van der Waals surface area contributed by atoms with Gasteiger partial charge >= 0.3 is 5.97 Å². The van der Waals surface area contributed by atoms with Gasteiger partial charge in [0, 0.05) is 13.0 Å². The van der Waals surface area contributed by atoms with E-state index in [2.05, 4.69) is 11.9 Å². The SMILES string of the molecule is C=CCNC(=O)C(C#N)=Cc1ccc(OC(=O)CCCOc2ccc(OC)cc2)c(OC)c1. The third-order valence-electron chi connectivity index (χ3n) is 4.35. The summed E-state index contributed by atoms with van der Waals surface area (Å²) in [7, 11) is 3.03. The number of carbonyl (C=O) groups is 2. The zero-order chi connectivity index (χ0) is 24.1. The number of hydrogen-bond acceptors (Lipinski definition) is 7. The molecule has 0 aliphatic carbocycles. The molecule has 1 N–H and O–H groups in total. The number of methoxy groups -OCH3 is 2. The first-order valence-corrected chi connectivity index (χ1v) is 10.2. The zero-order valence-electron chi connectivity index (χ0n) is 18.6. The van der Waals surface area contributed by atoms with Gasteiger partial charge in [-0.2, -0.15) is 5.26 Å². The highest BCUT2D eigenvalue weighted by Crippen LogP contribution is 2.29. The maximum Gasteiger partial charge on any atom is 0.311 e. The van der Waals surface area contributed by atoms with E-state index in [0.717, 1.165) is 5.75 Å². The molecular weight excluding hydrogens is 424 g/mol. The zero-order valence-corrected chi connectivity index (χ0v) is 18.6. The van der Waals surface area contributed by atoms with Crippen molar-refractivity contribution in [2.75, 3.05) is 27.4 Å². The van der Waals surface area contributed by atoms with E-state index in [1.165, 1.54) is 19.3 Å². The number of ether oxygens (including phenoxy) is 4. The maximum atomic E-state index is 12.2. The molecule has 1 amide bonds. The van der Waals surface area contributed by atoms with Crippen LogP contribution in [0.2, 0.25) is 0 Å². The average Bonchev–Trinajstić information content (AvgIpc) is 2.84. The smallest absolute Gasteiger partial charge is 0.311 e. The molecule has 2 rings (SSSR count). The molecule has 0 saturated carbocycles. The molecule has 33 heavy (non-hydrogen) atoms. The molecule has 2 aromatic rings. The second-order valence-corrected chi connectivity index (χ2v) is 6.68. The van der Waals surface area contributed by atoms with Gasteiger partial charge in [0.2, 0.25) is 0 Å². The maximum absolute atomic E-state index is 12.2. The largest absolute Gasteiger partial charge is 0.497 e. The van der Waals surface area contributed by atoms with E-state index in [4.69, 9.17) is 18.9 Å². The van der Waals surface area contributed by atoms with Gasteiger partial charge in [0.15, 0.2) is 11.5 Å². The lowest BCUT2D eigenvalue weighted by molar-refractivity contribution is -0.134. The fourth-order valence-corrected chi connectivity index (χ4v) is 2.69. The Hall–Kier alpha value is -4.25. The fraction of sp³-hybridized carbons (Fsp3) is 0.240. The lowest BCUT2D eigenvalue weighted by Gasteiger charge is -2.11. The van der Waals surface area contributed by atoms with Gasteiger partial charge in [0.25, 0.3) is 5.91 Å². The predicted molar refractivity (Wildman–Crippen MR) is 123 cm³/mol. The summed E-state index contributed by atoms with van der Waals surface area (Å²) in [5.41, 5.74) is 0.477. The Balaban J connectivity index is 1.92. The second kappa shape index (κ2) is 13.2. The first kappa shape index (κ1) is 25.0. The number of amides is 1. The quantitative estimate of drug-likeness (QED) is 0.131. The summed E-state index contributed by atoms with van der Waals surface area (Å²) in [5, 5.41) is 11.8. The topological polar surface area (TPSA) is 107 Å². The van der Waals surface area contributed by atoms with Gasteiger partial charge < -0.3 is 24.3 Å². The predicted octanol–water partition coefficient (Wildman–Crippen LogP) is 3.68. The van der Waals surface area contributed by atoms with Crippen LogP contribution >= 0.6 is 0 Å². The van der Waals surface area contributed by atoms with Gasteiger partial charge in [0.1, 0.15) is 23.1 Å². The number of nitrogens with one attached hydrogen (secondary N) is 1. The number of nitrogens with zero attached hydrogens (tertiary/aromatic N) is 1. The lowest BCUT2D eigenvalue weighted by Crippen LogP contribution is -2.24. The van der Waals surface area contributed by atoms with E-state index in [0.29, 0.717) is 30.1 Å². The highest BCUT2D eigenvalue weighted by Gasteiger charge is 2.13. The van der Waals surface area contributed by atoms with Crippen LogP contribution < -0.4 is 24.3 Å². The molecule has 0 aromatic heterocycles. The van der Waals surface area contributed by atoms with Crippen LogP contribution in [-0.2, 0) is 9.59 Å². The Morgan fingerprint density at radius 3 is 2.42 bits per heavy atom. The number of hydrogen-bond donors (Lipinski definition) is 1. The van der Waals surface area contributed by atoms with Crippen molar-refractivity contribution in [3.8, 4) is 29.1 Å². The Morgan fingerprint density at radius 1 is 1.06 bits per heavy atom. The van der Waals surface area contributed by atoms with Crippen LogP contribution in [0.4, 0.5) is 0 Å². The van der Waals surface area contributed by atoms with Crippen molar-refractivity contribution >= 4 is 18.0 Å². The number of carbonyl (C=O) groups excluding carboxylic acids is 2. The molecule has 0 saturated heterocycles. The molecule has 2 aromatic carbocycles. The average molecular weight is 450 g/mol. The number of benzene rings is 2. The van der Waals surface area contributed by atoms with Gasteiger partial charge in [-0.15, -0.1) is 6.58 Å². The van der Waals surface area contributed by atoms with Gasteiger partial charge in [-0.3, -0.25) is 9.59 Å². The van der Waals surface area contributed by atoms with Crippen LogP contribution in [0.5, 0.6) is 23.0 Å². The normalized spacial score (nSPS) is 10.5. The molecule has 0 spiro atoms. The van der Waals surface area contributed by atoms with Crippen molar-refractivity contribution in [2.45, 2.75) is 12.8 Å². The number of rotatable bonds is 12. The van der Waals surface area contributed by atoms with Crippen molar-refractivity contribution in [1.29, 1.82) is 5.26 Å². The van der Waals surface area contributed by atoms with Crippen LogP contribution in [-0.4, -0.2) is 39.2 Å². The minimum absolute atomic E-state index is 0.0690. The van der Waals surface area contributed by atoms with Gasteiger partial charge in [-0.1, -0.05) is 12.1 Å².